The van der Waals surface area contributed by atoms with Gasteiger partial charge in [-0.3, -0.25) is 4.79 Å². The van der Waals surface area contributed by atoms with E-state index in [1.165, 1.54) is 4.90 Å². The number of carbonyl (C=O) groups is 1. The molecule has 0 heterocycles. The number of halogens is 5. The summed E-state index contributed by atoms with van der Waals surface area (Å²) < 4.78 is 51.7. The van der Waals surface area contributed by atoms with Gasteiger partial charge in [0.1, 0.15) is 5.82 Å². The monoisotopic (exact) mass is 369 g/mol. The predicted octanol–water partition coefficient (Wildman–Crippen LogP) is 4.48. The smallest absolute Gasteiger partial charge is 0.338 e. The molecule has 0 aliphatic carbocycles. The van der Waals surface area contributed by atoms with Crippen LogP contribution < -0.4 is 0 Å². The van der Waals surface area contributed by atoms with E-state index in [4.69, 9.17) is 0 Å². The van der Waals surface area contributed by atoms with E-state index in [1.807, 2.05) is 6.92 Å². The molecular weight excluding hydrogens is 354 g/mol. The maximum absolute atomic E-state index is 13.7. The molecule has 0 N–H and O–H groups in total. The maximum Gasteiger partial charge on any atom is 0.416 e. The summed E-state index contributed by atoms with van der Waals surface area (Å²) in [5, 5.41) is 0.475. The molecule has 0 saturated heterocycles. The highest BCUT2D eigenvalue weighted by molar-refractivity contribution is 9.09. The number of hydrogen-bond donors (Lipinski definition) is 0. The number of rotatable bonds is 6. The molecule has 0 saturated carbocycles. The quantitative estimate of drug-likeness (QED) is 0.534. The van der Waals surface area contributed by atoms with E-state index in [9.17, 15) is 22.4 Å². The molecule has 7 heteroatoms. The molecule has 0 aromatic heterocycles. The first-order valence-corrected chi connectivity index (χ1v) is 7.65. The summed E-state index contributed by atoms with van der Waals surface area (Å²) in [5.41, 5.74) is -1.57. The van der Waals surface area contributed by atoms with Crippen LogP contribution in [0.2, 0.25) is 0 Å². The van der Waals surface area contributed by atoms with Crippen LogP contribution in [-0.4, -0.2) is 29.2 Å². The number of nitrogens with zero attached hydrogens (tertiary/aromatic N) is 1. The highest BCUT2D eigenvalue weighted by Crippen LogP contribution is 2.30. The maximum atomic E-state index is 13.7. The Hall–Kier alpha value is -1.11. The number of hydrogen-bond acceptors (Lipinski definition) is 1. The van der Waals surface area contributed by atoms with Gasteiger partial charge in [0, 0.05) is 18.4 Å². The largest absolute Gasteiger partial charge is 0.416 e. The van der Waals surface area contributed by atoms with Crippen molar-refractivity contribution < 1.29 is 22.4 Å². The first-order valence-electron chi connectivity index (χ1n) is 6.53. The van der Waals surface area contributed by atoms with Gasteiger partial charge in [0.05, 0.1) is 11.1 Å². The Labute approximate surface area is 129 Å². The summed E-state index contributed by atoms with van der Waals surface area (Å²) >= 11 is 3.18. The third-order valence-electron chi connectivity index (χ3n) is 2.95. The Kier molecular flexibility index (Phi) is 6.64. The Bertz CT molecular complexity index is 490. The van der Waals surface area contributed by atoms with Gasteiger partial charge >= 0.3 is 6.18 Å². The molecule has 1 amide bonds. The lowest BCUT2D eigenvalue weighted by molar-refractivity contribution is -0.137. The molecule has 0 unspecified atom stereocenters. The number of unbranched alkanes of at least 4 members (excludes halogenated alkanes) is 1. The van der Waals surface area contributed by atoms with E-state index in [1.54, 1.807) is 0 Å². The molecule has 21 heavy (non-hydrogen) atoms. The lowest BCUT2D eigenvalue weighted by Crippen LogP contribution is -2.34. The molecule has 0 fully saturated rings. The second-order valence-corrected chi connectivity index (χ2v) is 5.32. The Morgan fingerprint density at radius 3 is 2.48 bits per heavy atom. The van der Waals surface area contributed by atoms with Crippen molar-refractivity contribution in [2.75, 3.05) is 18.4 Å². The van der Waals surface area contributed by atoms with Gasteiger partial charge in [-0.15, -0.1) is 0 Å². The standard InChI is InChI=1S/C14H16BrF4NO/c1-2-3-7-20(8-6-15)13(21)11-9-10(14(17,18)19)4-5-12(11)16/h4-5,9H,2-3,6-8H2,1H3. The van der Waals surface area contributed by atoms with Crippen LogP contribution in [-0.2, 0) is 6.18 Å². The van der Waals surface area contributed by atoms with Crippen LogP contribution in [0.4, 0.5) is 17.6 Å². The van der Waals surface area contributed by atoms with Crippen molar-refractivity contribution in [3.63, 3.8) is 0 Å². The van der Waals surface area contributed by atoms with Crippen molar-refractivity contribution in [1.82, 2.24) is 4.90 Å². The molecule has 0 radical (unpaired) electrons. The van der Waals surface area contributed by atoms with Crippen molar-refractivity contribution in [2.45, 2.75) is 25.9 Å². The Morgan fingerprint density at radius 2 is 1.95 bits per heavy atom. The molecule has 1 rings (SSSR count). The average molecular weight is 370 g/mol. The molecule has 0 atom stereocenters. The van der Waals surface area contributed by atoms with E-state index >= 15 is 0 Å². The molecule has 1 aromatic carbocycles. The molecule has 0 spiro atoms. The molecule has 1 aromatic rings. The van der Waals surface area contributed by atoms with E-state index < -0.39 is 29.0 Å². The predicted molar refractivity (Wildman–Crippen MR) is 76.0 cm³/mol. The topological polar surface area (TPSA) is 20.3 Å². The lowest BCUT2D eigenvalue weighted by atomic mass is 10.1. The SMILES string of the molecule is CCCCN(CCBr)C(=O)c1cc(C(F)(F)F)ccc1F. The minimum Gasteiger partial charge on any atom is -0.338 e. The first kappa shape index (κ1) is 17.9. The second kappa shape index (κ2) is 7.77. The van der Waals surface area contributed by atoms with Gasteiger partial charge in [0.25, 0.3) is 5.91 Å². The summed E-state index contributed by atoms with van der Waals surface area (Å²) in [6.45, 7) is 2.63. The van der Waals surface area contributed by atoms with E-state index in [0.29, 0.717) is 43.0 Å². The number of carbonyl (C=O) groups excluding carboxylic acids is 1. The van der Waals surface area contributed by atoms with E-state index in [-0.39, 0.29) is 0 Å². The zero-order valence-electron chi connectivity index (χ0n) is 11.5. The minimum absolute atomic E-state index is 0.314. The second-order valence-electron chi connectivity index (χ2n) is 4.53. The van der Waals surface area contributed by atoms with Crippen LogP contribution in [0.1, 0.15) is 35.7 Å². The van der Waals surface area contributed by atoms with Crippen LogP contribution in [0.15, 0.2) is 18.2 Å². The minimum atomic E-state index is -4.60. The van der Waals surface area contributed by atoms with Crippen LogP contribution in [0.3, 0.4) is 0 Å². The van der Waals surface area contributed by atoms with E-state index in [2.05, 4.69) is 15.9 Å². The Morgan fingerprint density at radius 1 is 1.29 bits per heavy atom. The van der Waals surface area contributed by atoms with Gasteiger partial charge in [-0.25, -0.2) is 4.39 Å². The summed E-state index contributed by atoms with van der Waals surface area (Å²) in [6.07, 6.45) is -3.07. The van der Waals surface area contributed by atoms with Gasteiger partial charge < -0.3 is 4.90 Å². The van der Waals surface area contributed by atoms with Gasteiger partial charge in [0.15, 0.2) is 0 Å². The van der Waals surface area contributed by atoms with Crippen LogP contribution in [0.5, 0.6) is 0 Å². The molecule has 118 valence electrons. The molecule has 0 aliphatic rings. The fraction of sp³-hybridized carbons (Fsp3) is 0.500. The van der Waals surface area contributed by atoms with Gasteiger partial charge in [-0.05, 0) is 24.6 Å². The fourth-order valence-electron chi connectivity index (χ4n) is 1.80. The van der Waals surface area contributed by atoms with Crippen molar-refractivity contribution in [1.29, 1.82) is 0 Å². The average Bonchev–Trinajstić information content (AvgIpc) is 2.42. The van der Waals surface area contributed by atoms with Gasteiger partial charge in [0.2, 0.25) is 0 Å². The normalized spacial score (nSPS) is 11.5. The Balaban J connectivity index is 3.08. The van der Waals surface area contributed by atoms with Gasteiger partial charge in [-0.2, -0.15) is 13.2 Å². The third-order valence-corrected chi connectivity index (χ3v) is 3.30. The number of amides is 1. The third kappa shape index (κ3) is 4.98. The zero-order valence-corrected chi connectivity index (χ0v) is 13.1. The fourth-order valence-corrected chi connectivity index (χ4v) is 2.23. The van der Waals surface area contributed by atoms with E-state index in [0.717, 1.165) is 6.42 Å². The highest BCUT2D eigenvalue weighted by Gasteiger charge is 2.32. The highest BCUT2D eigenvalue weighted by atomic mass is 79.9. The van der Waals surface area contributed by atoms with Crippen LogP contribution in [0, 0.1) is 5.82 Å². The summed E-state index contributed by atoms with van der Waals surface area (Å²) in [4.78, 5) is 13.6. The van der Waals surface area contributed by atoms with Crippen molar-refractivity contribution >= 4 is 21.8 Å². The molecule has 2 nitrogen and oxygen atoms in total. The van der Waals surface area contributed by atoms with Crippen molar-refractivity contribution in [3.05, 3.63) is 35.1 Å². The van der Waals surface area contributed by atoms with Crippen molar-refractivity contribution in [3.8, 4) is 0 Å². The zero-order chi connectivity index (χ0) is 16.0. The molecular formula is C14H16BrF4NO. The lowest BCUT2D eigenvalue weighted by Gasteiger charge is -2.22. The van der Waals surface area contributed by atoms with Crippen LogP contribution >= 0.6 is 15.9 Å². The number of alkyl halides is 4. The molecule has 0 bridgehead atoms. The summed E-state index contributed by atoms with van der Waals surface area (Å²) in [5.74, 6) is -1.66. The summed E-state index contributed by atoms with van der Waals surface area (Å²) in [7, 11) is 0. The van der Waals surface area contributed by atoms with Gasteiger partial charge in [-0.1, -0.05) is 29.3 Å². The number of benzene rings is 1. The molecule has 0 aliphatic heterocycles. The first-order chi connectivity index (χ1) is 9.81. The van der Waals surface area contributed by atoms with Crippen LogP contribution in [0.25, 0.3) is 0 Å². The van der Waals surface area contributed by atoms with Crippen molar-refractivity contribution in [2.24, 2.45) is 0 Å². The summed E-state index contributed by atoms with van der Waals surface area (Å²) in [6, 6.07) is 1.89.